The first kappa shape index (κ1) is 24.6. The minimum Gasteiger partial charge on any atom is -0.350 e. The molecule has 0 unspecified atom stereocenters. The minimum atomic E-state index is -0.577. The number of amides is 2. The Labute approximate surface area is 205 Å². The summed E-state index contributed by atoms with van der Waals surface area (Å²) in [6, 6.07) is 11.6. The number of likely N-dealkylation sites (tertiary alicyclic amines) is 1. The lowest BCUT2D eigenvalue weighted by molar-refractivity contribution is -0.126. The number of likely N-dealkylation sites (N-methyl/N-ethyl adjacent to an activating group) is 1. The molecule has 0 spiro atoms. The van der Waals surface area contributed by atoms with Crippen molar-refractivity contribution in [3.63, 3.8) is 0 Å². The Morgan fingerprint density at radius 3 is 2.34 bits per heavy atom. The van der Waals surface area contributed by atoms with Crippen molar-refractivity contribution < 1.29 is 18.8 Å². The number of carbonyl (C=O) groups is 3. The highest BCUT2D eigenvalue weighted by molar-refractivity contribution is 6.43. The molecule has 1 aliphatic rings. The lowest BCUT2D eigenvalue weighted by Gasteiger charge is -2.32. The Bertz CT molecular complexity index is 1250. The van der Waals surface area contributed by atoms with Crippen molar-refractivity contribution >= 4 is 28.5 Å². The first-order chi connectivity index (χ1) is 16.7. The summed E-state index contributed by atoms with van der Waals surface area (Å²) in [6.07, 6.45) is 4.44. The topological polar surface area (TPSA) is 62.6 Å². The molecule has 1 aliphatic heterocycles. The molecular formula is C28H32FN3O3. The second-order valence-corrected chi connectivity index (χ2v) is 9.79. The van der Waals surface area contributed by atoms with Crippen LogP contribution >= 0.6 is 0 Å². The number of aryl methyl sites for hydroxylation is 1. The lowest BCUT2D eigenvalue weighted by atomic mass is 9.90. The van der Waals surface area contributed by atoms with E-state index in [1.807, 2.05) is 42.5 Å². The van der Waals surface area contributed by atoms with Gasteiger partial charge in [0.1, 0.15) is 5.82 Å². The number of carbonyl (C=O) groups excluding carboxylic acids is 3. The van der Waals surface area contributed by atoms with Crippen LogP contribution in [0.1, 0.15) is 53.0 Å². The maximum Gasteiger partial charge on any atom is 0.294 e. The second-order valence-electron chi connectivity index (χ2n) is 9.79. The third kappa shape index (κ3) is 5.14. The normalized spacial score (nSPS) is 14.5. The molecule has 0 radical (unpaired) electrons. The zero-order valence-corrected chi connectivity index (χ0v) is 20.8. The van der Waals surface area contributed by atoms with Gasteiger partial charge < -0.3 is 14.4 Å². The van der Waals surface area contributed by atoms with Crippen molar-refractivity contribution in [1.29, 1.82) is 0 Å². The molecule has 0 saturated carbocycles. The van der Waals surface area contributed by atoms with Crippen LogP contribution in [0.25, 0.3) is 10.9 Å². The fourth-order valence-electron chi connectivity index (χ4n) is 4.69. The molecule has 6 nitrogen and oxygen atoms in total. The molecule has 2 heterocycles. The number of benzene rings is 2. The smallest absolute Gasteiger partial charge is 0.294 e. The number of Topliss-reactive ketones (excluding diaryl/α,β-unsaturated/α-hetero) is 1. The second kappa shape index (κ2) is 10.0. The highest BCUT2D eigenvalue weighted by Crippen LogP contribution is 2.27. The van der Waals surface area contributed by atoms with Crippen molar-refractivity contribution in [3.8, 4) is 0 Å². The SMILES string of the molecule is CC(C)N(C)C(=O)C(=O)c1ccc2c(c1)c(C(=O)N1CCC(Cc3ccc(F)cc3)CC1)cn2C. The molecule has 2 aromatic carbocycles. The molecule has 7 heteroatoms. The molecule has 35 heavy (non-hydrogen) atoms. The van der Waals surface area contributed by atoms with Gasteiger partial charge in [0, 0.05) is 55.9 Å². The van der Waals surface area contributed by atoms with E-state index in [0.29, 0.717) is 30.0 Å². The number of nitrogens with zero attached hydrogens (tertiary/aromatic N) is 3. The van der Waals surface area contributed by atoms with E-state index < -0.39 is 11.7 Å². The van der Waals surface area contributed by atoms with Crippen LogP contribution in [-0.2, 0) is 18.3 Å². The van der Waals surface area contributed by atoms with Gasteiger partial charge in [0.05, 0.1) is 5.56 Å². The fourth-order valence-corrected chi connectivity index (χ4v) is 4.69. The first-order valence-electron chi connectivity index (χ1n) is 12.1. The van der Waals surface area contributed by atoms with E-state index in [2.05, 4.69) is 0 Å². The summed E-state index contributed by atoms with van der Waals surface area (Å²) in [7, 11) is 3.48. The Morgan fingerprint density at radius 1 is 1.06 bits per heavy atom. The Balaban J connectivity index is 1.49. The summed E-state index contributed by atoms with van der Waals surface area (Å²) in [5, 5.41) is 0.678. The molecule has 1 saturated heterocycles. The standard InChI is InChI=1S/C28H32FN3O3/c1-18(2)31(4)28(35)26(33)21-7-10-25-23(16-21)24(17-30(25)3)27(34)32-13-11-20(12-14-32)15-19-5-8-22(29)9-6-19/h5-10,16-18,20H,11-15H2,1-4H3. The van der Waals surface area contributed by atoms with Crippen molar-refractivity contribution in [1.82, 2.24) is 14.4 Å². The predicted octanol–water partition coefficient (Wildman–Crippen LogP) is 4.46. The molecule has 1 aromatic heterocycles. The van der Waals surface area contributed by atoms with Crippen LogP contribution in [-0.4, -0.2) is 58.1 Å². The van der Waals surface area contributed by atoms with Crippen LogP contribution in [0.3, 0.4) is 0 Å². The summed E-state index contributed by atoms with van der Waals surface area (Å²) in [4.78, 5) is 42.1. The predicted molar refractivity (Wildman–Crippen MR) is 134 cm³/mol. The van der Waals surface area contributed by atoms with Crippen molar-refractivity contribution in [2.45, 2.75) is 39.2 Å². The molecule has 0 aliphatic carbocycles. The lowest BCUT2D eigenvalue weighted by Crippen LogP contribution is -2.39. The molecule has 0 N–H and O–H groups in total. The van der Waals surface area contributed by atoms with Gasteiger partial charge in [0.2, 0.25) is 5.78 Å². The Morgan fingerprint density at radius 2 is 1.71 bits per heavy atom. The quantitative estimate of drug-likeness (QED) is 0.389. The van der Waals surface area contributed by atoms with Gasteiger partial charge in [0.25, 0.3) is 11.8 Å². The monoisotopic (exact) mass is 477 g/mol. The number of rotatable bonds is 6. The average molecular weight is 478 g/mol. The summed E-state index contributed by atoms with van der Waals surface area (Å²) in [6.45, 7) is 5.01. The largest absolute Gasteiger partial charge is 0.350 e. The molecule has 4 rings (SSSR count). The molecule has 0 atom stereocenters. The van der Waals surface area contributed by atoms with Gasteiger partial charge >= 0.3 is 0 Å². The number of halogens is 1. The summed E-state index contributed by atoms with van der Waals surface area (Å²) >= 11 is 0. The molecule has 184 valence electrons. The number of piperidine rings is 1. The summed E-state index contributed by atoms with van der Waals surface area (Å²) in [5.74, 6) is -0.986. The van der Waals surface area contributed by atoms with Crippen LogP contribution in [0.15, 0.2) is 48.7 Å². The minimum absolute atomic E-state index is 0.0638. The maximum absolute atomic E-state index is 13.5. The van der Waals surface area contributed by atoms with E-state index in [9.17, 15) is 18.8 Å². The van der Waals surface area contributed by atoms with Gasteiger partial charge in [-0.15, -0.1) is 0 Å². The highest BCUT2D eigenvalue weighted by Gasteiger charge is 2.27. The number of fused-ring (bicyclic) bond motifs is 1. The van der Waals surface area contributed by atoms with E-state index >= 15 is 0 Å². The van der Waals surface area contributed by atoms with Gasteiger partial charge in [-0.2, -0.15) is 0 Å². The van der Waals surface area contributed by atoms with E-state index in [1.165, 1.54) is 17.0 Å². The third-order valence-corrected chi connectivity index (χ3v) is 7.11. The molecule has 0 bridgehead atoms. The molecule has 1 fully saturated rings. The van der Waals surface area contributed by atoms with E-state index in [-0.39, 0.29) is 23.3 Å². The highest BCUT2D eigenvalue weighted by atomic mass is 19.1. The number of hydrogen-bond donors (Lipinski definition) is 0. The van der Waals surface area contributed by atoms with Crippen LogP contribution in [0.2, 0.25) is 0 Å². The van der Waals surface area contributed by atoms with Crippen LogP contribution in [0.5, 0.6) is 0 Å². The van der Waals surface area contributed by atoms with E-state index in [0.717, 1.165) is 30.3 Å². The average Bonchev–Trinajstić information content (AvgIpc) is 3.19. The van der Waals surface area contributed by atoms with Crippen molar-refractivity contribution in [3.05, 3.63) is 71.2 Å². The molecule has 2 amide bonds. The van der Waals surface area contributed by atoms with Crippen LogP contribution in [0.4, 0.5) is 4.39 Å². The van der Waals surface area contributed by atoms with Crippen molar-refractivity contribution in [2.75, 3.05) is 20.1 Å². The Kier molecular flexibility index (Phi) is 7.05. The molecular weight excluding hydrogens is 445 g/mol. The van der Waals surface area contributed by atoms with Crippen LogP contribution in [0, 0.1) is 11.7 Å². The number of hydrogen-bond acceptors (Lipinski definition) is 3. The van der Waals surface area contributed by atoms with Gasteiger partial charge in [0.15, 0.2) is 0 Å². The first-order valence-corrected chi connectivity index (χ1v) is 12.1. The zero-order valence-electron chi connectivity index (χ0n) is 20.8. The van der Waals surface area contributed by atoms with Gasteiger partial charge in [-0.25, -0.2) is 4.39 Å². The van der Waals surface area contributed by atoms with Crippen molar-refractivity contribution in [2.24, 2.45) is 13.0 Å². The number of aromatic nitrogens is 1. The number of ketones is 1. The van der Waals surface area contributed by atoms with Gasteiger partial charge in [-0.05, 0) is 74.9 Å². The fraction of sp³-hybridized carbons (Fsp3) is 0.393. The van der Waals surface area contributed by atoms with E-state index in [4.69, 9.17) is 0 Å². The summed E-state index contributed by atoms with van der Waals surface area (Å²) < 4.78 is 15.0. The van der Waals surface area contributed by atoms with E-state index in [1.54, 1.807) is 31.4 Å². The zero-order chi connectivity index (χ0) is 25.3. The summed E-state index contributed by atoms with van der Waals surface area (Å²) in [5.41, 5.74) is 2.77. The Hall–Kier alpha value is -3.48. The third-order valence-electron chi connectivity index (χ3n) is 7.11. The van der Waals surface area contributed by atoms with Gasteiger partial charge in [-0.3, -0.25) is 14.4 Å². The van der Waals surface area contributed by atoms with Crippen LogP contribution < -0.4 is 0 Å². The molecule has 3 aromatic rings. The maximum atomic E-state index is 13.5. The van der Waals surface area contributed by atoms with Gasteiger partial charge in [-0.1, -0.05) is 12.1 Å².